The van der Waals surface area contributed by atoms with Gasteiger partial charge in [0.15, 0.2) is 5.83 Å². The highest BCUT2D eigenvalue weighted by atomic mass is 19.4. The summed E-state index contributed by atoms with van der Waals surface area (Å²) >= 11 is 0. The Bertz CT molecular complexity index is 573. The van der Waals surface area contributed by atoms with Crippen LogP contribution in [0.3, 0.4) is 0 Å². The molecule has 124 valence electrons. The Kier molecular flexibility index (Phi) is 5.81. The summed E-state index contributed by atoms with van der Waals surface area (Å²) in [6.45, 7) is 0. The largest absolute Gasteiger partial charge is 0.416 e. The van der Waals surface area contributed by atoms with E-state index < -0.39 is 17.6 Å². The molecule has 1 aromatic carbocycles. The highest BCUT2D eigenvalue weighted by Crippen LogP contribution is 2.38. The van der Waals surface area contributed by atoms with Crippen LogP contribution in [0.4, 0.5) is 17.6 Å². The number of nitrogens with zero attached hydrogens (tertiary/aromatic N) is 1. The Balaban J connectivity index is 1.84. The summed E-state index contributed by atoms with van der Waals surface area (Å²) < 4.78 is 50.4. The number of allylic oxidation sites excluding steroid dienone is 2. The topological polar surface area (TPSA) is 23.8 Å². The van der Waals surface area contributed by atoms with Crippen LogP contribution in [-0.2, 0) is 6.18 Å². The average molecular weight is 325 g/mol. The molecule has 0 N–H and O–H groups in total. The fraction of sp³-hybridized carbons (Fsp3) is 0.500. The average Bonchev–Trinajstić information content (AvgIpc) is 2.54. The molecule has 0 saturated heterocycles. The highest BCUT2D eigenvalue weighted by Gasteiger charge is 2.30. The van der Waals surface area contributed by atoms with E-state index in [-0.39, 0.29) is 0 Å². The van der Waals surface area contributed by atoms with Gasteiger partial charge in [0, 0.05) is 0 Å². The van der Waals surface area contributed by atoms with Crippen LogP contribution in [0.2, 0.25) is 0 Å². The molecule has 1 fully saturated rings. The van der Waals surface area contributed by atoms with Gasteiger partial charge in [0.1, 0.15) is 6.07 Å². The summed E-state index contributed by atoms with van der Waals surface area (Å²) in [6.07, 6.45) is 2.33. The van der Waals surface area contributed by atoms with Gasteiger partial charge in [-0.2, -0.15) is 22.8 Å². The van der Waals surface area contributed by atoms with Crippen molar-refractivity contribution in [2.75, 3.05) is 0 Å². The van der Waals surface area contributed by atoms with E-state index in [4.69, 9.17) is 5.26 Å². The molecule has 1 aromatic rings. The zero-order chi connectivity index (χ0) is 16.9. The van der Waals surface area contributed by atoms with E-state index in [0.717, 1.165) is 49.8 Å². The van der Waals surface area contributed by atoms with Gasteiger partial charge in [0.2, 0.25) is 0 Å². The van der Waals surface area contributed by atoms with Crippen molar-refractivity contribution >= 4 is 0 Å². The number of benzene rings is 1. The minimum Gasteiger partial charge on any atom is -0.195 e. The maximum Gasteiger partial charge on any atom is 0.416 e. The summed E-state index contributed by atoms with van der Waals surface area (Å²) in [5.74, 6) is 0.0757. The second kappa shape index (κ2) is 7.63. The van der Waals surface area contributed by atoms with Crippen LogP contribution in [-0.4, -0.2) is 0 Å². The molecule has 0 atom stereocenters. The van der Waals surface area contributed by atoms with Gasteiger partial charge in [-0.3, -0.25) is 0 Å². The first-order chi connectivity index (χ1) is 10.9. The smallest absolute Gasteiger partial charge is 0.195 e. The number of rotatable bonds is 4. The van der Waals surface area contributed by atoms with E-state index in [2.05, 4.69) is 0 Å². The maximum absolute atomic E-state index is 12.7. The lowest BCUT2D eigenvalue weighted by Crippen LogP contribution is -2.13. The number of nitriles is 1. The molecular weight excluding hydrogens is 306 g/mol. The molecule has 0 radical (unpaired) electrons. The summed E-state index contributed by atoms with van der Waals surface area (Å²) in [6, 6.07) is 6.92. The van der Waals surface area contributed by atoms with E-state index >= 15 is 0 Å². The number of alkyl halides is 3. The molecule has 0 amide bonds. The summed E-state index contributed by atoms with van der Waals surface area (Å²) in [5.41, 5.74) is 0.355. The van der Waals surface area contributed by atoms with Crippen LogP contribution in [0.5, 0.6) is 0 Å². The predicted octanol–water partition coefficient (Wildman–Crippen LogP) is 6.14. The molecule has 0 bridgehead atoms. The minimum absolute atomic E-state index is 0.305. The van der Waals surface area contributed by atoms with Crippen molar-refractivity contribution in [1.29, 1.82) is 5.26 Å². The molecule has 1 aliphatic carbocycles. The standard InChI is InChI=1S/C18H19F4N/c19-17(12-23)3-1-2-13-4-6-14(7-5-13)15-8-10-16(11-9-15)18(20,21)22/h3,8-11,13-14H,1-2,4-7H2. The second-order valence-corrected chi connectivity index (χ2v) is 6.08. The fourth-order valence-electron chi connectivity index (χ4n) is 3.22. The second-order valence-electron chi connectivity index (χ2n) is 6.08. The molecular formula is C18H19F4N. The van der Waals surface area contributed by atoms with Crippen LogP contribution in [0.15, 0.2) is 36.2 Å². The van der Waals surface area contributed by atoms with Gasteiger partial charge in [-0.1, -0.05) is 12.1 Å². The van der Waals surface area contributed by atoms with Gasteiger partial charge >= 0.3 is 6.18 Å². The van der Waals surface area contributed by atoms with Gasteiger partial charge in [0.25, 0.3) is 0 Å². The lowest BCUT2D eigenvalue weighted by atomic mass is 9.77. The zero-order valence-corrected chi connectivity index (χ0v) is 12.7. The Hall–Kier alpha value is -1.83. The van der Waals surface area contributed by atoms with Crippen LogP contribution in [0, 0.1) is 17.2 Å². The molecule has 0 aromatic heterocycles. The van der Waals surface area contributed by atoms with Crippen molar-refractivity contribution in [1.82, 2.24) is 0 Å². The zero-order valence-electron chi connectivity index (χ0n) is 12.7. The van der Waals surface area contributed by atoms with Gasteiger partial charge in [-0.25, -0.2) is 0 Å². The molecule has 0 aliphatic heterocycles. The molecule has 0 unspecified atom stereocenters. The lowest BCUT2D eigenvalue weighted by molar-refractivity contribution is -0.137. The number of hydrogen-bond donors (Lipinski definition) is 0. The van der Waals surface area contributed by atoms with Gasteiger partial charge < -0.3 is 0 Å². The predicted molar refractivity (Wildman–Crippen MR) is 80.2 cm³/mol. The first-order valence-corrected chi connectivity index (χ1v) is 7.83. The third-order valence-corrected chi connectivity index (χ3v) is 4.56. The van der Waals surface area contributed by atoms with E-state index in [1.165, 1.54) is 12.1 Å². The fourth-order valence-corrected chi connectivity index (χ4v) is 3.22. The first-order valence-electron chi connectivity index (χ1n) is 7.83. The Morgan fingerprint density at radius 3 is 2.26 bits per heavy atom. The minimum atomic E-state index is -4.29. The SMILES string of the molecule is N#CC(F)=CCCC1CCC(c2ccc(C(F)(F)F)cc2)CC1. The lowest BCUT2D eigenvalue weighted by Gasteiger charge is -2.28. The Morgan fingerprint density at radius 1 is 1.13 bits per heavy atom. The molecule has 23 heavy (non-hydrogen) atoms. The molecule has 0 heterocycles. The van der Waals surface area contributed by atoms with Gasteiger partial charge in [0.05, 0.1) is 5.56 Å². The number of hydrogen-bond acceptors (Lipinski definition) is 1. The number of halogens is 4. The van der Waals surface area contributed by atoms with Crippen molar-refractivity contribution in [3.05, 3.63) is 47.3 Å². The molecule has 1 nitrogen and oxygen atoms in total. The van der Waals surface area contributed by atoms with Crippen molar-refractivity contribution in [3.8, 4) is 6.07 Å². The quantitative estimate of drug-likeness (QED) is 0.482. The third kappa shape index (κ3) is 5.09. The van der Waals surface area contributed by atoms with Crippen molar-refractivity contribution < 1.29 is 17.6 Å². The summed E-state index contributed by atoms with van der Waals surface area (Å²) in [4.78, 5) is 0. The molecule has 0 spiro atoms. The van der Waals surface area contributed by atoms with Crippen LogP contribution < -0.4 is 0 Å². The molecule has 1 saturated carbocycles. The third-order valence-electron chi connectivity index (χ3n) is 4.56. The first kappa shape index (κ1) is 17.5. The Morgan fingerprint density at radius 2 is 1.74 bits per heavy atom. The van der Waals surface area contributed by atoms with Crippen LogP contribution in [0.1, 0.15) is 55.6 Å². The summed E-state index contributed by atoms with van der Waals surface area (Å²) in [7, 11) is 0. The molecule has 1 aliphatic rings. The molecule has 5 heteroatoms. The van der Waals surface area contributed by atoms with E-state index in [0.29, 0.717) is 18.3 Å². The molecule has 2 rings (SSSR count). The van der Waals surface area contributed by atoms with E-state index in [1.54, 1.807) is 12.1 Å². The van der Waals surface area contributed by atoms with Crippen molar-refractivity contribution in [2.45, 2.75) is 50.6 Å². The maximum atomic E-state index is 12.7. The van der Waals surface area contributed by atoms with Crippen molar-refractivity contribution in [2.24, 2.45) is 5.92 Å². The van der Waals surface area contributed by atoms with Crippen molar-refractivity contribution in [3.63, 3.8) is 0 Å². The van der Waals surface area contributed by atoms with E-state index in [1.807, 2.05) is 0 Å². The van der Waals surface area contributed by atoms with Gasteiger partial charge in [-0.05, 0) is 74.1 Å². The van der Waals surface area contributed by atoms with Crippen LogP contribution in [0.25, 0.3) is 0 Å². The van der Waals surface area contributed by atoms with Crippen LogP contribution >= 0.6 is 0 Å². The van der Waals surface area contributed by atoms with Gasteiger partial charge in [-0.15, -0.1) is 0 Å². The monoisotopic (exact) mass is 325 g/mol. The highest BCUT2D eigenvalue weighted by molar-refractivity contribution is 5.27. The normalized spacial score (nSPS) is 22.7. The Labute approximate surface area is 133 Å². The van der Waals surface area contributed by atoms with E-state index in [9.17, 15) is 17.6 Å². The summed E-state index contributed by atoms with van der Waals surface area (Å²) in [5, 5.41) is 8.34.